The molecule has 0 unspecified atom stereocenters. The average Bonchev–Trinajstić information content (AvgIpc) is 2.52. The Morgan fingerprint density at radius 1 is 1.75 bits per heavy atom. The number of carbonyl (C=O) groups is 1. The van der Waals surface area contributed by atoms with Crippen molar-refractivity contribution in [3.05, 3.63) is 12.7 Å². The molecule has 0 saturated carbocycles. The third kappa shape index (κ3) is 2.10. The average molecular weight is 167 g/mol. The lowest BCUT2D eigenvalue weighted by molar-refractivity contribution is -0.125. The number of hydrogen-bond acceptors (Lipinski definition) is 1. The Morgan fingerprint density at radius 2 is 2.50 bits per heavy atom. The highest BCUT2D eigenvalue weighted by Crippen LogP contribution is 2.20. The molecule has 2 heteroatoms. The minimum Gasteiger partial charge on any atom is -0.339 e. The summed E-state index contributed by atoms with van der Waals surface area (Å²) in [5.41, 5.74) is 0. The van der Waals surface area contributed by atoms with Crippen LogP contribution in [0, 0.1) is 5.92 Å². The lowest BCUT2D eigenvalue weighted by Crippen LogP contribution is -2.26. The van der Waals surface area contributed by atoms with Crippen LogP contribution in [0.15, 0.2) is 12.7 Å². The molecule has 1 saturated heterocycles. The van der Waals surface area contributed by atoms with E-state index in [1.807, 2.05) is 4.90 Å². The molecule has 0 aromatic carbocycles. The summed E-state index contributed by atoms with van der Waals surface area (Å²) >= 11 is 0. The van der Waals surface area contributed by atoms with Gasteiger partial charge in [0.25, 0.3) is 0 Å². The van der Waals surface area contributed by atoms with Crippen LogP contribution >= 0.6 is 0 Å². The lowest BCUT2D eigenvalue weighted by atomic mass is 10.0. The van der Waals surface area contributed by atoms with Gasteiger partial charge >= 0.3 is 0 Å². The van der Waals surface area contributed by atoms with Gasteiger partial charge in [-0.3, -0.25) is 4.79 Å². The molecule has 0 aliphatic carbocycles. The SMILES string of the molecule is C=CC(=O)N1CC[C@@H](CCC)C1. The zero-order chi connectivity index (χ0) is 8.97. The maximum absolute atomic E-state index is 11.2. The van der Waals surface area contributed by atoms with Crippen LogP contribution in [0.25, 0.3) is 0 Å². The minimum absolute atomic E-state index is 0.0913. The molecule has 0 aromatic heterocycles. The second-order valence-corrected chi connectivity index (χ2v) is 3.43. The van der Waals surface area contributed by atoms with Gasteiger partial charge in [0.05, 0.1) is 0 Å². The fourth-order valence-electron chi connectivity index (χ4n) is 1.81. The van der Waals surface area contributed by atoms with Crippen molar-refractivity contribution in [3.8, 4) is 0 Å². The van der Waals surface area contributed by atoms with Crippen molar-refractivity contribution in [1.82, 2.24) is 4.90 Å². The van der Waals surface area contributed by atoms with Gasteiger partial charge in [0.15, 0.2) is 0 Å². The van der Waals surface area contributed by atoms with Gasteiger partial charge in [0.1, 0.15) is 0 Å². The van der Waals surface area contributed by atoms with Crippen LogP contribution in [-0.2, 0) is 4.79 Å². The zero-order valence-corrected chi connectivity index (χ0v) is 7.75. The molecule has 1 amide bonds. The largest absolute Gasteiger partial charge is 0.339 e. The molecule has 1 fully saturated rings. The molecule has 12 heavy (non-hydrogen) atoms. The summed E-state index contributed by atoms with van der Waals surface area (Å²) < 4.78 is 0. The molecule has 1 aliphatic rings. The minimum atomic E-state index is 0.0913. The Labute approximate surface area is 74.2 Å². The summed E-state index contributed by atoms with van der Waals surface area (Å²) in [4.78, 5) is 13.1. The molecule has 1 heterocycles. The predicted molar refractivity (Wildman–Crippen MR) is 49.8 cm³/mol. The topological polar surface area (TPSA) is 20.3 Å². The maximum Gasteiger partial charge on any atom is 0.245 e. The fourth-order valence-corrected chi connectivity index (χ4v) is 1.81. The fraction of sp³-hybridized carbons (Fsp3) is 0.700. The first-order valence-electron chi connectivity index (χ1n) is 4.69. The van der Waals surface area contributed by atoms with E-state index in [1.165, 1.54) is 25.3 Å². The summed E-state index contributed by atoms with van der Waals surface area (Å²) in [5.74, 6) is 0.826. The van der Waals surface area contributed by atoms with Crippen LogP contribution < -0.4 is 0 Å². The number of carbonyl (C=O) groups excluding carboxylic acids is 1. The summed E-state index contributed by atoms with van der Waals surface area (Å²) in [5, 5.41) is 0. The number of hydrogen-bond donors (Lipinski definition) is 0. The van der Waals surface area contributed by atoms with Crippen molar-refractivity contribution in [3.63, 3.8) is 0 Å². The van der Waals surface area contributed by atoms with E-state index in [4.69, 9.17) is 0 Å². The van der Waals surface area contributed by atoms with E-state index in [0.29, 0.717) is 0 Å². The van der Waals surface area contributed by atoms with Gasteiger partial charge in [-0.15, -0.1) is 0 Å². The molecule has 1 rings (SSSR count). The van der Waals surface area contributed by atoms with E-state index in [1.54, 1.807) is 0 Å². The third-order valence-electron chi connectivity index (χ3n) is 2.47. The molecule has 0 bridgehead atoms. The first-order valence-corrected chi connectivity index (χ1v) is 4.69. The predicted octanol–water partition coefficient (Wildman–Crippen LogP) is 1.82. The quantitative estimate of drug-likeness (QED) is 0.587. The molecular weight excluding hydrogens is 150 g/mol. The molecule has 1 atom stereocenters. The number of nitrogens with zero attached hydrogens (tertiary/aromatic N) is 1. The molecule has 68 valence electrons. The van der Waals surface area contributed by atoms with E-state index in [-0.39, 0.29) is 5.91 Å². The van der Waals surface area contributed by atoms with Crippen molar-refractivity contribution in [2.75, 3.05) is 13.1 Å². The standard InChI is InChI=1S/C10H17NO/c1-3-5-9-6-7-11(8-9)10(12)4-2/h4,9H,2-3,5-8H2,1H3/t9-/m1/s1. The summed E-state index contributed by atoms with van der Waals surface area (Å²) in [6, 6.07) is 0. The Morgan fingerprint density at radius 3 is 3.08 bits per heavy atom. The van der Waals surface area contributed by atoms with Crippen LogP contribution in [-0.4, -0.2) is 23.9 Å². The highest BCUT2D eigenvalue weighted by molar-refractivity contribution is 5.87. The monoisotopic (exact) mass is 167 g/mol. The first-order chi connectivity index (χ1) is 5.77. The highest BCUT2D eigenvalue weighted by atomic mass is 16.2. The van der Waals surface area contributed by atoms with Gasteiger partial charge in [-0.25, -0.2) is 0 Å². The second-order valence-electron chi connectivity index (χ2n) is 3.43. The van der Waals surface area contributed by atoms with E-state index in [2.05, 4.69) is 13.5 Å². The Kier molecular flexibility index (Phi) is 3.32. The molecule has 0 aromatic rings. The van der Waals surface area contributed by atoms with Crippen LogP contribution in [0.2, 0.25) is 0 Å². The highest BCUT2D eigenvalue weighted by Gasteiger charge is 2.23. The van der Waals surface area contributed by atoms with Crippen molar-refractivity contribution < 1.29 is 4.79 Å². The van der Waals surface area contributed by atoms with Crippen LogP contribution in [0.4, 0.5) is 0 Å². The van der Waals surface area contributed by atoms with Gasteiger partial charge in [-0.05, 0) is 24.8 Å². The van der Waals surface area contributed by atoms with Crippen molar-refractivity contribution in [1.29, 1.82) is 0 Å². The number of rotatable bonds is 3. The summed E-state index contributed by atoms with van der Waals surface area (Å²) in [6.45, 7) is 7.55. The van der Waals surface area contributed by atoms with Crippen LogP contribution in [0.1, 0.15) is 26.2 Å². The molecule has 0 spiro atoms. The molecule has 0 radical (unpaired) electrons. The van der Waals surface area contributed by atoms with Crippen LogP contribution in [0.5, 0.6) is 0 Å². The lowest BCUT2D eigenvalue weighted by Gasteiger charge is -2.13. The molecule has 0 N–H and O–H groups in total. The van der Waals surface area contributed by atoms with Crippen molar-refractivity contribution >= 4 is 5.91 Å². The van der Waals surface area contributed by atoms with Crippen LogP contribution in [0.3, 0.4) is 0 Å². The van der Waals surface area contributed by atoms with E-state index in [9.17, 15) is 4.79 Å². The zero-order valence-electron chi connectivity index (χ0n) is 7.75. The van der Waals surface area contributed by atoms with E-state index in [0.717, 1.165) is 19.0 Å². The third-order valence-corrected chi connectivity index (χ3v) is 2.47. The summed E-state index contributed by atoms with van der Waals surface area (Å²) in [7, 11) is 0. The van der Waals surface area contributed by atoms with E-state index < -0.39 is 0 Å². The Bertz CT molecular complexity index is 177. The summed E-state index contributed by atoms with van der Waals surface area (Å²) in [6.07, 6.45) is 5.06. The second kappa shape index (κ2) is 4.29. The Balaban J connectivity index is 2.34. The van der Waals surface area contributed by atoms with Gasteiger partial charge < -0.3 is 4.90 Å². The smallest absolute Gasteiger partial charge is 0.245 e. The van der Waals surface area contributed by atoms with E-state index >= 15 is 0 Å². The molecular formula is C10H17NO. The number of amides is 1. The van der Waals surface area contributed by atoms with Gasteiger partial charge in [-0.1, -0.05) is 19.9 Å². The van der Waals surface area contributed by atoms with Gasteiger partial charge in [-0.2, -0.15) is 0 Å². The maximum atomic E-state index is 11.2. The first kappa shape index (κ1) is 9.30. The number of likely N-dealkylation sites (tertiary alicyclic amines) is 1. The normalized spacial score (nSPS) is 22.8. The Hall–Kier alpha value is -0.790. The molecule has 1 aliphatic heterocycles. The van der Waals surface area contributed by atoms with Gasteiger partial charge in [0, 0.05) is 13.1 Å². The molecule has 2 nitrogen and oxygen atoms in total. The van der Waals surface area contributed by atoms with Crippen molar-refractivity contribution in [2.24, 2.45) is 5.92 Å². The van der Waals surface area contributed by atoms with Crippen molar-refractivity contribution in [2.45, 2.75) is 26.2 Å². The van der Waals surface area contributed by atoms with Gasteiger partial charge in [0.2, 0.25) is 5.91 Å².